The predicted molar refractivity (Wildman–Crippen MR) is 45.0 cm³/mol. The van der Waals surface area contributed by atoms with Crippen LogP contribution in [0.15, 0.2) is 0 Å². The zero-order valence-corrected chi connectivity index (χ0v) is 8.78. The summed E-state index contributed by atoms with van der Waals surface area (Å²) in [5, 5.41) is 7.42. The molecular weight excluding hydrogens is 244 g/mol. The number of rotatable bonds is 0. The molecule has 14 heavy (non-hydrogen) atoms. The van der Waals surface area contributed by atoms with Crippen LogP contribution in [0.3, 0.4) is 0 Å². The Labute approximate surface area is 80.7 Å². The van der Waals surface area contributed by atoms with E-state index in [9.17, 15) is 8.42 Å². The van der Waals surface area contributed by atoms with Gasteiger partial charge in [-0.25, -0.2) is 0 Å². The summed E-state index contributed by atoms with van der Waals surface area (Å²) in [6, 6.07) is 0. The Hall–Kier alpha value is -0.750. The van der Waals surface area contributed by atoms with Crippen LogP contribution >= 0.6 is 0 Å². The molecule has 88 valence electrons. The Morgan fingerprint density at radius 2 is 1.00 bits per heavy atom. The van der Waals surface area contributed by atoms with Crippen molar-refractivity contribution in [1.82, 2.24) is 0 Å². The van der Waals surface area contributed by atoms with Gasteiger partial charge < -0.3 is 5.11 Å². The first kappa shape index (κ1) is 18.9. The van der Waals surface area contributed by atoms with E-state index in [1.165, 1.54) is 0 Å². The topological polar surface area (TPSA) is 166 Å². The molecule has 0 spiro atoms. The van der Waals surface area contributed by atoms with Crippen LogP contribution in [0.5, 0.6) is 0 Å². The zero-order chi connectivity index (χ0) is 12.6. The third kappa shape index (κ3) is 2100. The van der Waals surface area contributed by atoms with Crippen LogP contribution in [0.25, 0.3) is 0 Å². The van der Waals surface area contributed by atoms with E-state index in [0.29, 0.717) is 6.26 Å². The number of carboxylic acids is 1. The first-order chi connectivity index (χ1) is 5.73. The molecule has 0 atom stereocenters. The summed E-state index contributed by atoms with van der Waals surface area (Å²) in [4.78, 5) is 9.00. The summed E-state index contributed by atoms with van der Waals surface area (Å²) in [5.41, 5.74) is 0. The molecule has 0 saturated heterocycles. The number of hydrogen-bond acceptors (Lipinski definition) is 5. The average Bonchev–Trinajstić information content (AvgIpc) is 1.45. The van der Waals surface area contributed by atoms with Gasteiger partial charge in [0.15, 0.2) is 0 Å². The fraction of sp³-hybridized carbons (Fsp3) is 0.667. The number of carboxylic acid groups (broad SMARTS) is 1. The quantitative estimate of drug-likeness (QED) is 0.394. The second-order valence-electron chi connectivity index (χ2n) is 1.70. The molecular formula is C3H10O9S2. The zero-order valence-electron chi connectivity index (χ0n) is 7.15. The lowest BCUT2D eigenvalue weighted by molar-refractivity contribution is -0.134. The van der Waals surface area contributed by atoms with Crippen LogP contribution in [-0.2, 0) is 25.3 Å². The van der Waals surface area contributed by atoms with Gasteiger partial charge in [-0.1, -0.05) is 0 Å². The minimum atomic E-state index is -4.67. The van der Waals surface area contributed by atoms with Gasteiger partial charge in [-0.05, 0) is 0 Å². The first-order valence-corrected chi connectivity index (χ1v) is 5.80. The molecule has 0 aromatic rings. The molecule has 4 N–H and O–H groups in total. The van der Waals surface area contributed by atoms with E-state index in [-0.39, 0.29) is 0 Å². The predicted octanol–water partition coefficient (Wildman–Crippen LogP) is -1.06. The molecule has 0 fully saturated rings. The third-order valence-corrected chi connectivity index (χ3v) is 0. The molecule has 0 aliphatic carbocycles. The fourth-order valence-corrected chi connectivity index (χ4v) is 0. The third-order valence-electron chi connectivity index (χ3n) is 0. The molecule has 0 heterocycles. The molecule has 0 radical (unpaired) electrons. The summed E-state index contributed by atoms with van der Waals surface area (Å²) >= 11 is 0. The van der Waals surface area contributed by atoms with Gasteiger partial charge in [0.2, 0.25) is 0 Å². The second-order valence-corrected chi connectivity index (χ2v) is 4.06. The Morgan fingerprint density at radius 3 is 1.00 bits per heavy atom. The summed E-state index contributed by atoms with van der Waals surface area (Å²) < 4.78 is 57.5. The van der Waals surface area contributed by atoms with Gasteiger partial charge in [-0.3, -0.25) is 18.5 Å². The fourth-order valence-electron chi connectivity index (χ4n) is 0. The Morgan fingerprint density at radius 1 is 1.00 bits per heavy atom. The van der Waals surface area contributed by atoms with Crippen LogP contribution in [0, 0.1) is 0 Å². The Balaban J connectivity index is -0.000000131. The molecule has 0 aromatic carbocycles. The summed E-state index contributed by atoms with van der Waals surface area (Å²) in [6.45, 7) is 1.08. The first-order valence-electron chi connectivity index (χ1n) is 2.55. The molecule has 0 aliphatic heterocycles. The van der Waals surface area contributed by atoms with Crippen molar-refractivity contribution in [3.63, 3.8) is 0 Å². The van der Waals surface area contributed by atoms with E-state index < -0.39 is 26.5 Å². The van der Waals surface area contributed by atoms with Gasteiger partial charge in [0.05, 0.1) is 6.26 Å². The van der Waals surface area contributed by atoms with Crippen molar-refractivity contribution in [2.45, 2.75) is 6.92 Å². The molecule has 0 aliphatic rings. The van der Waals surface area contributed by atoms with E-state index in [1.807, 2.05) is 0 Å². The van der Waals surface area contributed by atoms with E-state index in [0.717, 1.165) is 6.92 Å². The smallest absolute Gasteiger partial charge is 0.394 e. The summed E-state index contributed by atoms with van der Waals surface area (Å²) in [6.07, 6.45) is 0.715. The molecule has 0 unspecified atom stereocenters. The largest absolute Gasteiger partial charge is 0.481 e. The normalized spacial score (nSPS) is 10.1. The minimum Gasteiger partial charge on any atom is -0.481 e. The van der Waals surface area contributed by atoms with Gasteiger partial charge in [0.25, 0.3) is 16.1 Å². The molecule has 0 aromatic heterocycles. The summed E-state index contributed by atoms with van der Waals surface area (Å²) in [5.74, 6) is -0.833. The van der Waals surface area contributed by atoms with Crippen LogP contribution in [0.2, 0.25) is 0 Å². The maximum absolute atomic E-state index is 9.19. The van der Waals surface area contributed by atoms with Gasteiger partial charge in [-0.15, -0.1) is 0 Å². The van der Waals surface area contributed by atoms with Crippen molar-refractivity contribution >= 4 is 26.5 Å². The maximum atomic E-state index is 9.19. The number of carbonyl (C=O) groups is 1. The monoisotopic (exact) mass is 254 g/mol. The lowest BCUT2D eigenvalue weighted by atomic mass is 10.9. The Bertz CT molecular complexity index is 284. The standard InChI is InChI=1S/C2H4O2.CH4O3S.H2O4S/c1-2(3)4;2*1-5(2,3)4/h1H3,(H,3,4);1H3,(H,2,3,4);(H2,1,2,3,4). The molecule has 11 heteroatoms. The van der Waals surface area contributed by atoms with Crippen molar-refractivity contribution in [3.05, 3.63) is 0 Å². The van der Waals surface area contributed by atoms with Crippen molar-refractivity contribution < 1.29 is 40.4 Å². The van der Waals surface area contributed by atoms with E-state index in [4.69, 9.17) is 32.0 Å². The van der Waals surface area contributed by atoms with Crippen molar-refractivity contribution in [2.24, 2.45) is 0 Å². The van der Waals surface area contributed by atoms with Gasteiger partial charge >= 0.3 is 10.4 Å². The highest BCUT2D eigenvalue weighted by Crippen LogP contribution is 1.60. The second kappa shape index (κ2) is 7.64. The average molecular weight is 254 g/mol. The van der Waals surface area contributed by atoms with Crippen molar-refractivity contribution in [1.29, 1.82) is 0 Å². The van der Waals surface area contributed by atoms with Gasteiger partial charge in [-0.2, -0.15) is 16.8 Å². The van der Waals surface area contributed by atoms with Crippen molar-refractivity contribution in [3.8, 4) is 0 Å². The highest BCUT2D eigenvalue weighted by molar-refractivity contribution is 7.85. The van der Waals surface area contributed by atoms with E-state index in [2.05, 4.69) is 0 Å². The molecule has 0 bridgehead atoms. The van der Waals surface area contributed by atoms with Gasteiger partial charge in [0, 0.05) is 6.92 Å². The van der Waals surface area contributed by atoms with Gasteiger partial charge in [0.1, 0.15) is 0 Å². The SMILES string of the molecule is CC(=O)O.CS(=O)(=O)O.O=S(=O)(O)O. The minimum absolute atomic E-state index is 0.715. The summed E-state index contributed by atoms with van der Waals surface area (Å²) in [7, 11) is -8.33. The lowest BCUT2D eigenvalue weighted by Crippen LogP contribution is -1.89. The van der Waals surface area contributed by atoms with Crippen LogP contribution in [-0.4, -0.2) is 47.8 Å². The van der Waals surface area contributed by atoms with Crippen LogP contribution in [0.1, 0.15) is 6.92 Å². The van der Waals surface area contributed by atoms with E-state index in [1.54, 1.807) is 0 Å². The lowest BCUT2D eigenvalue weighted by Gasteiger charge is -1.69. The Kier molecular flexibility index (Phi) is 10.3. The van der Waals surface area contributed by atoms with Crippen molar-refractivity contribution in [2.75, 3.05) is 6.26 Å². The van der Waals surface area contributed by atoms with Crippen LogP contribution in [0.4, 0.5) is 0 Å². The highest BCUT2D eigenvalue weighted by Gasteiger charge is 1.84. The van der Waals surface area contributed by atoms with Crippen LogP contribution < -0.4 is 0 Å². The maximum Gasteiger partial charge on any atom is 0.394 e. The molecule has 9 nitrogen and oxygen atoms in total. The highest BCUT2D eigenvalue weighted by atomic mass is 32.3. The number of hydrogen-bond donors (Lipinski definition) is 4. The number of aliphatic carboxylic acids is 1. The molecule has 0 rings (SSSR count). The molecule has 0 amide bonds. The molecule has 0 saturated carbocycles. The van der Waals surface area contributed by atoms with E-state index >= 15 is 0 Å².